The normalized spacial score (nSPS) is 40.0. The van der Waals surface area contributed by atoms with E-state index < -0.39 is 18.1 Å². The van der Waals surface area contributed by atoms with Crippen molar-refractivity contribution in [2.45, 2.75) is 75.9 Å². The third-order valence-electron chi connectivity index (χ3n) is 7.00. The van der Waals surface area contributed by atoms with E-state index in [0.717, 1.165) is 23.2 Å². The Morgan fingerprint density at radius 2 is 2.03 bits per heavy atom. The summed E-state index contributed by atoms with van der Waals surface area (Å²) < 4.78 is 20.0. The lowest BCUT2D eigenvalue weighted by atomic mass is 9.95. The average molecular weight is 401 g/mol. The van der Waals surface area contributed by atoms with Gasteiger partial charge in [-0.05, 0) is 44.9 Å². The van der Waals surface area contributed by atoms with Crippen LogP contribution in [-0.4, -0.2) is 61.4 Å². The molecule has 3 unspecified atom stereocenters. The Bertz CT molecular complexity index is 933. The number of anilines is 1. The first-order chi connectivity index (χ1) is 14.0. The van der Waals surface area contributed by atoms with Gasteiger partial charge in [-0.1, -0.05) is 6.42 Å². The first kappa shape index (κ1) is 18.0. The van der Waals surface area contributed by atoms with Crippen LogP contribution in [0.1, 0.15) is 45.8 Å². The summed E-state index contributed by atoms with van der Waals surface area (Å²) in [5.74, 6) is 1.66. The smallest absolute Gasteiger partial charge is 0.167 e. The van der Waals surface area contributed by atoms with Gasteiger partial charge in [-0.15, -0.1) is 0 Å². The lowest BCUT2D eigenvalue weighted by Crippen LogP contribution is -2.31. The second-order valence-corrected chi connectivity index (χ2v) is 9.28. The van der Waals surface area contributed by atoms with Crippen LogP contribution in [0.2, 0.25) is 0 Å². The van der Waals surface area contributed by atoms with Crippen LogP contribution < -0.4 is 5.32 Å². The monoisotopic (exact) mass is 401 g/mol. The molecular weight excluding hydrogens is 374 g/mol. The molecule has 4 aliphatic rings. The van der Waals surface area contributed by atoms with Gasteiger partial charge in [0.25, 0.3) is 0 Å². The third-order valence-corrected chi connectivity index (χ3v) is 7.00. The summed E-state index contributed by atoms with van der Waals surface area (Å²) >= 11 is 0. The maximum atomic E-state index is 9.75. The zero-order valence-corrected chi connectivity index (χ0v) is 16.7. The fourth-order valence-corrected chi connectivity index (χ4v) is 5.77. The largest absolute Gasteiger partial charge is 0.394 e. The maximum absolute atomic E-state index is 9.75. The van der Waals surface area contributed by atoms with Crippen molar-refractivity contribution in [2.75, 3.05) is 11.9 Å². The minimum atomic E-state index is -0.718. The van der Waals surface area contributed by atoms with Gasteiger partial charge in [0.1, 0.15) is 24.6 Å². The SMILES string of the molecule is CC1(C)O[C@@H]2[C@H](O1)[C@@H](CO)O[C@H]2n1cnc2c(NC3CC4CCC3C4)ncnc21. The van der Waals surface area contributed by atoms with Crippen molar-refractivity contribution in [2.24, 2.45) is 11.8 Å². The fraction of sp³-hybridized carbons (Fsp3) is 0.750. The predicted molar refractivity (Wildman–Crippen MR) is 103 cm³/mol. The molecule has 0 spiro atoms. The van der Waals surface area contributed by atoms with Gasteiger partial charge in [-0.25, -0.2) is 15.0 Å². The summed E-state index contributed by atoms with van der Waals surface area (Å²) in [7, 11) is 0. The Kier molecular flexibility index (Phi) is 3.94. The molecule has 2 aromatic heterocycles. The molecule has 29 heavy (non-hydrogen) atoms. The van der Waals surface area contributed by atoms with Gasteiger partial charge in [0.15, 0.2) is 29.0 Å². The molecule has 2 aliphatic carbocycles. The van der Waals surface area contributed by atoms with E-state index in [9.17, 15) is 5.11 Å². The molecule has 156 valence electrons. The van der Waals surface area contributed by atoms with Crippen LogP contribution in [-0.2, 0) is 14.2 Å². The van der Waals surface area contributed by atoms with Crippen molar-refractivity contribution in [3.05, 3.63) is 12.7 Å². The lowest BCUT2D eigenvalue weighted by molar-refractivity contribution is -0.199. The van der Waals surface area contributed by atoms with Crippen LogP contribution in [0.4, 0.5) is 5.82 Å². The molecular formula is C20H27N5O4. The van der Waals surface area contributed by atoms with Gasteiger partial charge >= 0.3 is 0 Å². The van der Waals surface area contributed by atoms with E-state index in [1.54, 1.807) is 12.7 Å². The molecule has 9 nitrogen and oxygen atoms in total. The quantitative estimate of drug-likeness (QED) is 0.800. The molecule has 2 bridgehead atoms. The standard InChI is InChI=1S/C20H27N5O4/c1-20(2)28-15-13(7-26)27-19(16(15)29-20)25-9-23-14-17(21-8-22-18(14)25)24-12-6-10-3-4-11(12)5-10/h8-13,15-16,19,26H,3-7H2,1-2H3,(H,21,22,24)/t10?,11?,12?,13-,15-,16-,19-/m1/s1. The number of ether oxygens (including phenoxy) is 3. The first-order valence-electron chi connectivity index (χ1n) is 10.6. The van der Waals surface area contributed by atoms with E-state index in [-0.39, 0.29) is 18.8 Å². The Balaban J connectivity index is 1.32. The highest BCUT2D eigenvalue weighted by Crippen LogP contribution is 2.46. The van der Waals surface area contributed by atoms with Crippen LogP contribution in [0.3, 0.4) is 0 Å². The number of hydrogen-bond acceptors (Lipinski definition) is 8. The molecule has 4 heterocycles. The number of aliphatic hydroxyl groups is 1. The molecule has 0 aromatic carbocycles. The molecule has 2 aliphatic heterocycles. The number of rotatable bonds is 4. The molecule has 2 saturated carbocycles. The predicted octanol–water partition coefficient (Wildman–Crippen LogP) is 1.84. The van der Waals surface area contributed by atoms with Gasteiger partial charge in [-0.3, -0.25) is 4.57 Å². The second kappa shape index (κ2) is 6.34. The number of aromatic nitrogens is 4. The Labute approximate surface area is 168 Å². The number of imidazole rings is 1. The highest BCUT2D eigenvalue weighted by molar-refractivity contribution is 5.82. The van der Waals surface area contributed by atoms with Gasteiger partial charge in [0.05, 0.1) is 12.9 Å². The molecule has 2 N–H and O–H groups in total. The summed E-state index contributed by atoms with van der Waals surface area (Å²) in [6, 6.07) is 0.468. The number of hydrogen-bond donors (Lipinski definition) is 2. The lowest BCUT2D eigenvalue weighted by Gasteiger charge is -2.24. The van der Waals surface area contributed by atoms with Crippen molar-refractivity contribution in [1.82, 2.24) is 19.5 Å². The van der Waals surface area contributed by atoms with Gasteiger partial charge < -0.3 is 24.6 Å². The van der Waals surface area contributed by atoms with Crippen molar-refractivity contribution in [3.8, 4) is 0 Å². The Morgan fingerprint density at radius 3 is 2.79 bits per heavy atom. The number of aliphatic hydroxyl groups excluding tert-OH is 1. The topological polar surface area (TPSA) is 104 Å². The van der Waals surface area contributed by atoms with Crippen LogP contribution in [0.15, 0.2) is 12.7 Å². The zero-order chi connectivity index (χ0) is 19.8. The van der Waals surface area contributed by atoms with Crippen molar-refractivity contribution >= 4 is 17.0 Å². The summed E-state index contributed by atoms with van der Waals surface area (Å²) in [4.78, 5) is 13.6. The summed E-state index contributed by atoms with van der Waals surface area (Å²) in [5.41, 5.74) is 1.43. The summed E-state index contributed by atoms with van der Waals surface area (Å²) in [5, 5.41) is 13.4. The molecule has 2 aromatic rings. The highest BCUT2D eigenvalue weighted by Gasteiger charge is 2.56. The summed E-state index contributed by atoms with van der Waals surface area (Å²) in [6.07, 6.45) is 6.93. The van der Waals surface area contributed by atoms with E-state index in [1.807, 2.05) is 18.4 Å². The van der Waals surface area contributed by atoms with E-state index in [4.69, 9.17) is 14.2 Å². The van der Waals surface area contributed by atoms with Crippen molar-refractivity contribution in [3.63, 3.8) is 0 Å². The number of nitrogens with zero attached hydrogens (tertiary/aromatic N) is 4. The van der Waals surface area contributed by atoms with Gasteiger partial charge in [0, 0.05) is 6.04 Å². The Hall–Kier alpha value is -1.81. The van der Waals surface area contributed by atoms with Crippen LogP contribution in [0.5, 0.6) is 0 Å². The van der Waals surface area contributed by atoms with Crippen molar-refractivity contribution < 1.29 is 19.3 Å². The third kappa shape index (κ3) is 2.78. The highest BCUT2D eigenvalue weighted by atomic mass is 16.8. The van der Waals surface area contributed by atoms with Crippen molar-refractivity contribution in [1.29, 1.82) is 0 Å². The average Bonchev–Trinajstić information content (AvgIpc) is 3.47. The van der Waals surface area contributed by atoms with Crippen LogP contribution >= 0.6 is 0 Å². The van der Waals surface area contributed by atoms with E-state index in [0.29, 0.717) is 11.7 Å². The summed E-state index contributed by atoms with van der Waals surface area (Å²) in [6.45, 7) is 3.63. The van der Waals surface area contributed by atoms with E-state index >= 15 is 0 Å². The van der Waals surface area contributed by atoms with Gasteiger partial charge in [-0.2, -0.15) is 0 Å². The van der Waals surface area contributed by atoms with E-state index in [1.165, 1.54) is 25.7 Å². The minimum absolute atomic E-state index is 0.129. The minimum Gasteiger partial charge on any atom is -0.394 e. The molecule has 9 heteroatoms. The van der Waals surface area contributed by atoms with Crippen LogP contribution in [0.25, 0.3) is 11.2 Å². The molecule has 4 fully saturated rings. The van der Waals surface area contributed by atoms with Crippen LogP contribution in [0, 0.1) is 11.8 Å². The molecule has 2 saturated heterocycles. The first-order valence-corrected chi connectivity index (χ1v) is 10.6. The van der Waals surface area contributed by atoms with E-state index in [2.05, 4.69) is 20.3 Å². The fourth-order valence-electron chi connectivity index (χ4n) is 5.77. The van der Waals surface area contributed by atoms with Gasteiger partial charge in [0.2, 0.25) is 0 Å². The molecule has 0 radical (unpaired) electrons. The molecule has 7 atom stereocenters. The number of nitrogens with one attached hydrogen (secondary N) is 1. The maximum Gasteiger partial charge on any atom is 0.167 e. The second-order valence-electron chi connectivity index (χ2n) is 9.28. The molecule has 6 rings (SSSR count). The molecule has 0 amide bonds. The Morgan fingerprint density at radius 1 is 1.17 bits per heavy atom. The number of fused-ring (bicyclic) bond motifs is 4. The zero-order valence-electron chi connectivity index (χ0n) is 16.7.